The Morgan fingerprint density at radius 3 is 2.81 bits per heavy atom. The van der Waals surface area contributed by atoms with Gasteiger partial charge in [-0.15, -0.1) is 0 Å². The molecule has 1 saturated heterocycles. The van der Waals surface area contributed by atoms with Crippen LogP contribution in [0.4, 0.5) is 0 Å². The molecule has 2 atom stereocenters. The molecule has 0 spiro atoms. The lowest BCUT2D eigenvalue weighted by atomic mass is 9.96. The number of benzene rings is 1. The first kappa shape index (κ1) is 12.0. The normalized spacial score (nSPS) is 24.2. The zero-order valence-corrected chi connectivity index (χ0v) is 10.5. The van der Waals surface area contributed by atoms with Gasteiger partial charge in [-0.25, -0.2) is 0 Å². The summed E-state index contributed by atoms with van der Waals surface area (Å²) in [6.45, 7) is 2.50. The summed E-state index contributed by atoms with van der Waals surface area (Å²) in [6, 6.07) is 10.4. The van der Waals surface area contributed by atoms with Crippen LogP contribution in [-0.4, -0.2) is 29.2 Å². The van der Waals surface area contributed by atoms with E-state index in [9.17, 15) is 5.11 Å². The van der Waals surface area contributed by atoms with Crippen LogP contribution < -0.4 is 5.32 Å². The van der Waals surface area contributed by atoms with Crippen molar-refractivity contribution in [2.75, 3.05) is 18.1 Å². The zero-order valence-electron chi connectivity index (χ0n) is 9.65. The highest BCUT2D eigenvalue weighted by Crippen LogP contribution is 2.21. The molecule has 3 heteroatoms. The lowest BCUT2D eigenvalue weighted by Crippen LogP contribution is -2.40. The van der Waals surface area contributed by atoms with Crippen LogP contribution in [0.25, 0.3) is 0 Å². The third-order valence-electron chi connectivity index (χ3n) is 3.06. The molecule has 1 aliphatic heterocycles. The van der Waals surface area contributed by atoms with Crippen LogP contribution in [0, 0.1) is 0 Å². The first-order valence-electron chi connectivity index (χ1n) is 5.77. The molecule has 0 bridgehead atoms. The minimum atomic E-state index is -0.769. The van der Waals surface area contributed by atoms with E-state index < -0.39 is 5.60 Å². The summed E-state index contributed by atoms with van der Waals surface area (Å²) in [6.07, 6.45) is 1.22. The maximum absolute atomic E-state index is 10.4. The predicted molar refractivity (Wildman–Crippen MR) is 69.7 cm³/mol. The van der Waals surface area contributed by atoms with E-state index in [0.29, 0.717) is 12.6 Å². The van der Waals surface area contributed by atoms with E-state index in [0.717, 1.165) is 5.56 Å². The number of thioether (sulfide) groups is 1. The summed E-state index contributed by atoms with van der Waals surface area (Å²) >= 11 is 1.98. The fourth-order valence-electron chi connectivity index (χ4n) is 1.94. The number of hydrogen-bond donors (Lipinski definition) is 2. The Morgan fingerprint density at radius 1 is 1.44 bits per heavy atom. The Hall–Kier alpha value is -0.510. The molecular weight excluding hydrogens is 218 g/mol. The monoisotopic (exact) mass is 237 g/mol. The highest BCUT2D eigenvalue weighted by Gasteiger charge is 2.24. The van der Waals surface area contributed by atoms with Crippen molar-refractivity contribution in [1.29, 1.82) is 0 Å². The highest BCUT2D eigenvalue weighted by atomic mass is 32.2. The largest absolute Gasteiger partial charge is 0.384 e. The van der Waals surface area contributed by atoms with Gasteiger partial charge in [0.05, 0.1) is 5.60 Å². The minimum Gasteiger partial charge on any atom is -0.384 e. The van der Waals surface area contributed by atoms with Crippen LogP contribution in [0.5, 0.6) is 0 Å². The lowest BCUT2D eigenvalue weighted by Gasteiger charge is -2.26. The molecule has 16 heavy (non-hydrogen) atoms. The molecule has 1 aliphatic rings. The van der Waals surface area contributed by atoms with Gasteiger partial charge in [0.1, 0.15) is 0 Å². The molecule has 0 radical (unpaired) electrons. The number of aliphatic hydroxyl groups is 1. The molecule has 88 valence electrons. The summed E-state index contributed by atoms with van der Waals surface area (Å²) in [5.41, 5.74) is 0.210. The molecule has 0 amide bonds. The first-order valence-corrected chi connectivity index (χ1v) is 6.93. The number of rotatable bonds is 4. The van der Waals surface area contributed by atoms with Crippen molar-refractivity contribution in [3.8, 4) is 0 Å². The average Bonchev–Trinajstić information content (AvgIpc) is 2.81. The van der Waals surface area contributed by atoms with Gasteiger partial charge in [-0.3, -0.25) is 0 Å². The van der Waals surface area contributed by atoms with Gasteiger partial charge >= 0.3 is 0 Å². The third kappa shape index (κ3) is 3.00. The van der Waals surface area contributed by atoms with E-state index in [1.807, 2.05) is 49.0 Å². The van der Waals surface area contributed by atoms with Crippen LogP contribution in [0.15, 0.2) is 30.3 Å². The molecule has 1 aromatic carbocycles. The molecule has 1 aromatic rings. The van der Waals surface area contributed by atoms with Gasteiger partial charge in [-0.05, 0) is 24.7 Å². The molecule has 2 N–H and O–H groups in total. The number of nitrogens with one attached hydrogen (secondary N) is 1. The number of hydrogen-bond acceptors (Lipinski definition) is 3. The molecule has 2 nitrogen and oxygen atoms in total. The summed E-state index contributed by atoms with van der Waals surface area (Å²) in [5, 5.41) is 13.8. The second-order valence-electron chi connectivity index (χ2n) is 4.58. The van der Waals surface area contributed by atoms with Gasteiger partial charge in [-0.2, -0.15) is 11.8 Å². The molecule has 1 heterocycles. The van der Waals surface area contributed by atoms with Crippen LogP contribution in [0.1, 0.15) is 18.9 Å². The topological polar surface area (TPSA) is 32.3 Å². The van der Waals surface area contributed by atoms with Crippen molar-refractivity contribution in [2.24, 2.45) is 0 Å². The Labute approximate surface area is 101 Å². The minimum absolute atomic E-state index is 0.570. The van der Waals surface area contributed by atoms with Gasteiger partial charge in [0.15, 0.2) is 0 Å². The Kier molecular flexibility index (Phi) is 3.90. The molecule has 0 saturated carbocycles. The Bertz CT molecular complexity index is 320. The van der Waals surface area contributed by atoms with Crippen molar-refractivity contribution in [3.05, 3.63) is 35.9 Å². The van der Waals surface area contributed by atoms with Crippen LogP contribution in [-0.2, 0) is 5.60 Å². The standard InChI is InChI=1S/C13H19NOS/c1-13(15,11-5-3-2-4-6-11)10-14-12-7-8-16-9-12/h2-6,12,14-15H,7-10H2,1H3. The van der Waals surface area contributed by atoms with Gasteiger partial charge in [-0.1, -0.05) is 30.3 Å². The SMILES string of the molecule is CC(O)(CNC1CCSC1)c1ccccc1. The summed E-state index contributed by atoms with van der Waals surface area (Å²) in [4.78, 5) is 0. The maximum atomic E-state index is 10.4. The second-order valence-corrected chi connectivity index (χ2v) is 5.73. The summed E-state index contributed by atoms with van der Waals surface area (Å²) < 4.78 is 0. The Balaban J connectivity index is 1.92. The first-order chi connectivity index (χ1) is 7.68. The fraction of sp³-hybridized carbons (Fsp3) is 0.538. The fourth-order valence-corrected chi connectivity index (χ4v) is 3.12. The summed E-state index contributed by atoms with van der Waals surface area (Å²) in [7, 11) is 0. The van der Waals surface area contributed by atoms with Crippen LogP contribution in [0.2, 0.25) is 0 Å². The second kappa shape index (κ2) is 5.21. The molecule has 2 unspecified atom stereocenters. The molecule has 1 fully saturated rings. The van der Waals surface area contributed by atoms with E-state index in [-0.39, 0.29) is 0 Å². The van der Waals surface area contributed by atoms with Crippen molar-refractivity contribution < 1.29 is 5.11 Å². The van der Waals surface area contributed by atoms with Crippen molar-refractivity contribution in [2.45, 2.75) is 25.0 Å². The third-order valence-corrected chi connectivity index (χ3v) is 4.22. The average molecular weight is 237 g/mol. The van der Waals surface area contributed by atoms with E-state index in [4.69, 9.17) is 0 Å². The molecule has 2 rings (SSSR count). The maximum Gasteiger partial charge on any atom is 0.0992 e. The van der Waals surface area contributed by atoms with Crippen LogP contribution >= 0.6 is 11.8 Å². The molecular formula is C13H19NOS. The van der Waals surface area contributed by atoms with Crippen molar-refractivity contribution >= 4 is 11.8 Å². The van der Waals surface area contributed by atoms with Gasteiger partial charge in [0.25, 0.3) is 0 Å². The molecule has 0 aliphatic carbocycles. The highest BCUT2D eigenvalue weighted by molar-refractivity contribution is 7.99. The van der Waals surface area contributed by atoms with Crippen LogP contribution in [0.3, 0.4) is 0 Å². The van der Waals surface area contributed by atoms with E-state index in [1.165, 1.54) is 17.9 Å². The van der Waals surface area contributed by atoms with Crippen molar-refractivity contribution in [1.82, 2.24) is 5.32 Å². The molecule has 0 aromatic heterocycles. The van der Waals surface area contributed by atoms with Gasteiger partial charge < -0.3 is 10.4 Å². The van der Waals surface area contributed by atoms with Gasteiger partial charge in [0, 0.05) is 18.3 Å². The lowest BCUT2D eigenvalue weighted by molar-refractivity contribution is 0.0546. The van der Waals surface area contributed by atoms with E-state index in [1.54, 1.807) is 0 Å². The zero-order chi connectivity index (χ0) is 11.4. The van der Waals surface area contributed by atoms with E-state index >= 15 is 0 Å². The van der Waals surface area contributed by atoms with E-state index in [2.05, 4.69) is 5.32 Å². The predicted octanol–water partition coefficient (Wildman–Crippen LogP) is 1.99. The Morgan fingerprint density at radius 2 is 2.19 bits per heavy atom. The quantitative estimate of drug-likeness (QED) is 0.840. The summed E-state index contributed by atoms with van der Waals surface area (Å²) in [5.74, 6) is 2.41. The van der Waals surface area contributed by atoms with Gasteiger partial charge in [0.2, 0.25) is 0 Å². The smallest absolute Gasteiger partial charge is 0.0992 e. The van der Waals surface area contributed by atoms with Crippen molar-refractivity contribution in [3.63, 3.8) is 0 Å².